The first-order chi connectivity index (χ1) is 8.81. The number of benzene rings is 1. The van der Waals surface area contributed by atoms with Crippen molar-refractivity contribution in [2.24, 2.45) is 0 Å². The number of hydrogen-bond donors (Lipinski definition) is 2. The molecule has 0 aliphatic carbocycles. The molecule has 0 unspecified atom stereocenters. The van der Waals surface area contributed by atoms with Crippen LogP contribution >= 0.6 is 11.6 Å². The van der Waals surface area contributed by atoms with Gasteiger partial charge in [-0.3, -0.25) is 4.79 Å². The number of hydrogen-bond acceptors (Lipinski definition) is 3. The molecule has 0 spiro atoms. The van der Waals surface area contributed by atoms with E-state index in [2.05, 4.69) is 10.6 Å². The quantitative estimate of drug-likeness (QED) is 0.659. The monoisotopic (exact) mass is 277 g/mol. The van der Waals surface area contributed by atoms with Gasteiger partial charge in [0.25, 0.3) is 5.91 Å². The average molecular weight is 278 g/mol. The van der Waals surface area contributed by atoms with E-state index in [-0.39, 0.29) is 11.1 Å². The van der Waals surface area contributed by atoms with E-state index in [1.807, 2.05) is 26.8 Å². The van der Waals surface area contributed by atoms with E-state index in [4.69, 9.17) is 16.9 Å². The van der Waals surface area contributed by atoms with Crippen LogP contribution in [0.3, 0.4) is 0 Å². The second-order valence-electron chi connectivity index (χ2n) is 5.03. The lowest BCUT2D eigenvalue weighted by Gasteiger charge is -2.18. The fraction of sp³-hybridized carbons (Fsp3) is 0.286. The molecular weight excluding hydrogens is 262 g/mol. The molecule has 1 aromatic rings. The van der Waals surface area contributed by atoms with Gasteiger partial charge in [-0.2, -0.15) is 5.26 Å². The summed E-state index contributed by atoms with van der Waals surface area (Å²) in [4.78, 5) is 11.9. The van der Waals surface area contributed by atoms with Crippen molar-refractivity contribution < 1.29 is 4.79 Å². The van der Waals surface area contributed by atoms with E-state index in [1.54, 1.807) is 24.3 Å². The standard InChI is InChI=1S/C14H16ClN3O/c1-14(2,3)17-9-10(8-16)13(19)18-12-6-4-5-11(15)7-12/h4-7,9,17H,1-3H3,(H,18,19)/b10-9-. The molecule has 1 rings (SSSR count). The zero-order chi connectivity index (χ0) is 14.5. The molecule has 0 aliphatic rings. The molecule has 0 aliphatic heterocycles. The Morgan fingerprint density at radius 3 is 2.63 bits per heavy atom. The largest absolute Gasteiger partial charge is 0.385 e. The molecule has 0 radical (unpaired) electrons. The highest BCUT2D eigenvalue weighted by atomic mass is 35.5. The second kappa shape index (κ2) is 6.26. The van der Waals surface area contributed by atoms with Crippen molar-refractivity contribution in [1.82, 2.24) is 5.32 Å². The lowest BCUT2D eigenvalue weighted by molar-refractivity contribution is -0.112. The summed E-state index contributed by atoms with van der Waals surface area (Å²) in [5, 5.41) is 15.1. The van der Waals surface area contributed by atoms with Crippen LogP contribution in [-0.4, -0.2) is 11.4 Å². The van der Waals surface area contributed by atoms with Gasteiger partial charge in [0.2, 0.25) is 0 Å². The Kier molecular flexibility index (Phi) is 4.96. The summed E-state index contributed by atoms with van der Waals surface area (Å²) < 4.78 is 0. The van der Waals surface area contributed by atoms with Gasteiger partial charge in [0.1, 0.15) is 11.6 Å². The fourth-order valence-electron chi connectivity index (χ4n) is 1.20. The van der Waals surface area contributed by atoms with E-state index in [1.165, 1.54) is 6.20 Å². The van der Waals surface area contributed by atoms with E-state index in [0.717, 1.165) is 0 Å². The number of nitriles is 1. The number of rotatable bonds is 3. The topological polar surface area (TPSA) is 64.9 Å². The molecule has 0 aromatic heterocycles. The molecule has 0 heterocycles. The van der Waals surface area contributed by atoms with Crippen LogP contribution in [0.15, 0.2) is 36.0 Å². The zero-order valence-electron chi connectivity index (χ0n) is 11.1. The predicted molar refractivity (Wildman–Crippen MR) is 76.7 cm³/mol. The van der Waals surface area contributed by atoms with Crippen molar-refractivity contribution >= 4 is 23.2 Å². The van der Waals surface area contributed by atoms with Gasteiger partial charge < -0.3 is 10.6 Å². The number of halogens is 1. The van der Waals surface area contributed by atoms with Crippen molar-refractivity contribution in [2.75, 3.05) is 5.32 Å². The van der Waals surface area contributed by atoms with Crippen molar-refractivity contribution in [3.63, 3.8) is 0 Å². The third-order valence-electron chi connectivity index (χ3n) is 2.10. The number of anilines is 1. The second-order valence-corrected chi connectivity index (χ2v) is 5.47. The molecule has 5 heteroatoms. The van der Waals surface area contributed by atoms with Crippen molar-refractivity contribution in [1.29, 1.82) is 5.26 Å². The summed E-state index contributed by atoms with van der Waals surface area (Å²) in [6, 6.07) is 8.61. The molecule has 1 amide bonds. The maximum absolute atomic E-state index is 11.9. The van der Waals surface area contributed by atoms with Gasteiger partial charge in [-0.1, -0.05) is 17.7 Å². The van der Waals surface area contributed by atoms with Gasteiger partial charge in [0.05, 0.1) is 0 Å². The summed E-state index contributed by atoms with van der Waals surface area (Å²) in [6.45, 7) is 5.81. The van der Waals surface area contributed by atoms with Crippen LogP contribution in [0.25, 0.3) is 0 Å². The van der Waals surface area contributed by atoms with Crippen molar-refractivity contribution in [3.05, 3.63) is 41.1 Å². The lowest BCUT2D eigenvalue weighted by Crippen LogP contribution is -2.32. The number of nitrogens with zero attached hydrogens (tertiary/aromatic N) is 1. The Bertz CT molecular complexity index is 538. The van der Waals surface area contributed by atoms with E-state index in [9.17, 15) is 4.79 Å². The summed E-state index contributed by atoms with van der Waals surface area (Å²) >= 11 is 5.82. The number of carbonyl (C=O) groups is 1. The Morgan fingerprint density at radius 2 is 2.11 bits per heavy atom. The summed E-state index contributed by atoms with van der Waals surface area (Å²) in [6.07, 6.45) is 1.42. The van der Waals surface area contributed by atoms with Gasteiger partial charge in [0, 0.05) is 22.4 Å². The summed E-state index contributed by atoms with van der Waals surface area (Å²) in [5.74, 6) is -0.471. The first-order valence-corrected chi connectivity index (χ1v) is 6.14. The average Bonchev–Trinajstić information content (AvgIpc) is 2.28. The molecule has 1 aromatic carbocycles. The van der Waals surface area contributed by atoms with Crippen LogP contribution in [0.4, 0.5) is 5.69 Å². The van der Waals surface area contributed by atoms with E-state index >= 15 is 0 Å². The molecule has 0 bridgehead atoms. The molecule has 100 valence electrons. The Hall–Kier alpha value is -1.99. The Morgan fingerprint density at radius 1 is 1.42 bits per heavy atom. The molecule has 19 heavy (non-hydrogen) atoms. The molecule has 0 fully saturated rings. The van der Waals surface area contributed by atoms with Crippen LogP contribution in [-0.2, 0) is 4.79 Å². The highest BCUT2D eigenvalue weighted by molar-refractivity contribution is 6.31. The molecule has 4 nitrogen and oxygen atoms in total. The van der Waals surface area contributed by atoms with Crippen LogP contribution in [0.5, 0.6) is 0 Å². The van der Waals surface area contributed by atoms with Crippen LogP contribution < -0.4 is 10.6 Å². The third-order valence-corrected chi connectivity index (χ3v) is 2.33. The Labute approximate surface area is 118 Å². The summed E-state index contributed by atoms with van der Waals surface area (Å²) in [5.41, 5.74) is 0.350. The normalized spacial score (nSPS) is 11.6. The highest BCUT2D eigenvalue weighted by Crippen LogP contribution is 2.15. The lowest BCUT2D eigenvalue weighted by atomic mass is 10.1. The zero-order valence-corrected chi connectivity index (χ0v) is 11.9. The van der Waals surface area contributed by atoms with E-state index < -0.39 is 5.91 Å². The van der Waals surface area contributed by atoms with Crippen LogP contribution in [0, 0.1) is 11.3 Å². The maximum Gasteiger partial charge on any atom is 0.267 e. The maximum atomic E-state index is 11.9. The Balaban J connectivity index is 2.78. The number of amides is 1. The first kappa shape index (κ1) is 15.1. The minimum atomic E-state index is -0.471. The molecular formula is C14H16ClN3O. The highest BCUT2D eigenvalue weighted by Gasteiger charge is 2.12. The summed E-state index contributed by atoms with van der Waals surface area (Å²) in [7, 11) is 0. The first-order valence-electron chi connectivity index (χ1n) is 5.77. The van der Waals surface area contributed by atoms with Gasteiger partial charge in [0.15, 0.2) is 0 Å². The van der Waals surface area contributed by atoms with Gasteiger partial charge in [-0.05, 0) is 39.0 Å². The van der Waals surface area contributed by atoms with Crippen LogP contribution in [0.1, 0.15) is 20.8 Å². The van der Waals surface area contributed by atoms with E-state index in [0.29, 0.717) is 10.7 Å². The van der Waals surface area contributed by atoms with Gasteiger partial charge in [-0.15, -0.1) is 0 Å². The van der Waals surface area contributed by atoms with Gasteiger partial charge >= 0.3 is 0 Å². The molecule has 0 saturated heterocycles. The smallest absolute Gasteiger partial charge is 0.267 e. The van der Waals surface area contributed by atoms with Gasteiger partial charge in [-0.25, -0.2) is 0 Å². The molecule has 0 saturated carbocycles. The number of carbonyl (C=O) groups excluding carboxylic acids is 1. The predicted octanol–water partition coefficient (Wildman–Crippen LogP) is 3.07. The molecule has 2 N–H and O–H groups in total. The fourth-order valence-corrected chi connectivity index (χ4v) is 1.39. The van der Waals surface area contributed by atoms with Crippen molar-refractivity contribution in [3.8, 4) is 6.07 Å². The number of nitrogens with one attached hydrogen (secondary N) is 2. The minimum absolute atomic E-state index is 0.00917. The SMILES string of the molecule is CC(C)(C)N/C=C(/C#N)C(=O)Nc1cccc(Cl)c1. The minimum Gasteiger partial charge on any atom is -0.385 e. The van der Waals surface area contributed by atoms with Crippen LogP contribution in [0.2, 0.25) is 5.02 Å². The third kappa shape index (κ3) is 5.45. The van der Waals surface area contributed by atoms with Crippen molar-refractivity contribution in [2.45, 2.75) is 26.3 Å². The molecule has 0 atom stereocenters.